The lowest BCUT2D eigenvalue weighted by Gasteiger charge is -2.18. The van der Waals surface area contributed by atoms with E-state index >= 15 is 0 Å². The number of halogens is 3. The smallest absolute Gasteiger partial charge is 0.0637 e. The summed E-state index contributed by atoms with van der Waals surface area (Å²) in [6.45, 7) is 5.07. The van der Waals surface area contributed by atoms with Crippen LogP contribution in [0.1, 0.15) is 25.8 Å². The molecule has 1 unspecified atom stereocenters. The van der Waals surface area contributed by atoms with E-state index in [1.54, 1.807) is 6.07 Å². The van der Waals surface area contributed by atoms with Gasteiger partial charge in [-0.25, -0.2) is 0 Å². The number of nitrogens with one attached hydrogen (secondary N) is 1. The molecule has 0 aliphatic carbocycles. The van der Waals surface area contributed by atoms with E-state index in [0.717, 1.165) is 12.0 Å². The summed E-state index contributed by atoms with van der Waals surface area (Å²) in [4.78, 5) is 0. The summed E-state index contributed by atoms with van der Waals surface area (Å²) in [6, 6.07) is 5.98. The van der Waals surface area contributed by atoms with Crippen molar-refractivity contribution in [2.24, 2.45) is 5.92 Å². The van der Waals surface area contributed by atoms with Gasteiger partial charge in [0, 0.05) is 18.5 Å². The molecule has 1 rings (SSSR count). The van der Waals surface area contributed by atoms with Crippen molar-refractivity contribution in [1.82, 2.24) is 5.32 Å². The molecule has 1 nitrogen and oxygen atoms in total. The normalized spacial score (nSPS) is 13.1. The molecule has 0 aromatic heterocycles. The van der Waals surface area contributed by atoms with Crippen LogP contribution in [-0.4, -0.2) is 11.9 Å². The minimum absolute atomic E-state index is 0.312. The predicted octanol–water partition coefficient (Wildman–Crippen LogP) is 4.74. The van der Waals surface area contributed by atoms with E-state index in [4.69, 9.17) is 34.8 Å². The van der Waals surface area contributed by atoms with Gasteiger partial charge in [0.25, 0.3) is 0 Å². The summed E-state index contributed by atoms with van der Waals surface area (Å²) in [5.74, 6) is 1.23. The molecule has 1 aromatic rings. The molecule has 4 heteroatoms. The van der Waals surface area contributed by atoms with Gasteiger partial charge in [0.2, 0.25) is 0 Å². The number of benzene rings is 1. The highest BCUT2D eigenvalue weighted by atomic mass is 35.5. The molecule has 0 fully saturated rings. The zero-order valence-corrected chi connectivity index (χ0v) is 12.4. The van der Waals surface area contributed by atoms with Crippen LogP contribution in [0.5, 0.6) is 0 Å². The molecule has 0 amide bonds. The fraction of sp³-hybridized carbons (Fsp3) is 0.538. The summed E-state index contributed by atoms with van der Waals surface area (Å²) in [7, 11) is 0. The van der Waals surface area contributed by atoms with Crippen molar-refractivity contribution in [3.05, 3.63) is 33.8 Å². The molecule has 0 saturated carbocycles. The van der Waals surface area contributed by atoms with Crippen LogP contribution in [0.2, 0.25) is 10.0 Å². The SMILES string of the molecule is CC(C)CC(CCl)NCc1cccc(Cl)c1Cl. The zero-order valence-electron chi connectivity index (χ0n) is 10.1. The van der Waals surface area contributed by atoms with Gasteiger partial charge in [-0.2, -0.15) is 0 Å². The van der Waals surface area contributed by atoms with Gasteiger partial charge in [-0.15, -0.1) is 11.6 Å². The Kier molecular flexibility index (Phi) is 6.65. The molecule has 0 saturated heterocycles. The van der Waals surface area contributed by atoms with Gasteiger partial charge in [0.15, 0.2) is 0 Å². The number of hydrogen-bond donors (Lipinski definition) is 1. The third kappa shape index (κ3) is 5.05. The predicted molar refractivity (Wildman–Crippen MR) is 77.3 cm³/mol. The van der Waals surface area contributed by atoms with E-state index in [0.29, 0.717) is 34.4 Å². The summed E-state index contributed by atoms with van der Waals surface area (Å²) < 4.78 is 0. The second-order valence-corrected chi connectivity index (χ2v) is 5.67. The number of hydrogen-bond acceptors (Lipinski definition) is 1. The minimum atomic E-state index is 0.312. The van der Waals surface area contributed by atoms with E-state index in [2.05, 4.69) is 19.2 Å². The summed E-state index contributed by atoms with van der Waals surface area (Å²) in [5, 5.41) is 4.63. The van der Waals surface area contributed by atoms with Crippen molar-refractivity contribution < 1.29 is 0 Å². The first-order valence-corrected chi connectivity index (χ1v) is 7.05. The molecule has 0 spiro atoms. The Morgan fingerprint density at radius 2 is 1.94 bits per heavy atom. The van der Waals surface area contributed by atoms with E-state index in [1.807, 2.05) is 12.1 Å². The first-order chi connectivity index (χ1) is 8.04. The van der Waals surface area contributed by atoms with Crippen LogP contribution in [-0.2, 0) is 6.54 Å². The molecule has 1 atom stereocenters. The topological polar surface area (TPSA) is 12.0 Å². The standard InChI is InChI=1S/C13H18Cl3N/c1-9(2)6-11(7-14)17-8-10-4-3-5-12(15)13(10)16/h3-5,9,11,17H,6-8H2,1-2H3. The highest BCUT2D eigenvalue weighted by Gasteiger charge is 2.10. The summed E-state index contributed by atoms with van der Waals surface area (Å²) in [5.41, 5.74) is 1.01. The first kappa shape index (κ1) is 15.1. The molecular formula is C13H18Cl3N. The van der Waals surface area contributed by atoms with Gasteiger partial charge in [-0.05, 0) is 24.0 Å². The van der Waals surface area contributed by atoms with Crippen molar-refractivity contribution >= 4 is 34.8 Å². The fourth-order valence-corrected chi connectivity index (χ4v) is 2.33. The molecule has 0 bridgehead atoms. The van der Waals surface area contributed by atoms with Gasteiger partial charge < -0.3 is 5.32 Å². The Morgan fingerprint density at radius 1 is 1.24 bits per heavy atom. The van der Waals surface area contributed by atoms with Gasteiger partial charge in [0.05, 0.1) is 10.0 Å². The van der Waals surface area contributed by atoms with E-state index in [1.165, 1.54) is 0 Å². The molecule has 0 heterocycles. The van der Waals surface area contributed by atoms with Gasteiger partial charge in [-0.1, -0.05) is 49.2 Å². The maximum Gasteiger partial charge on any atom is 0.0637 e. The Hall–Kier alpha value is 0.0500. The van der Waals surface area contributed by atoms with Crippen molar-refractivity contribution in [3.8, 4) is 0 Å². The lowest BCUT2D eigenvalue weighted by atomic mass is 10.0. The maximum absolute atomic E-state index is 6.12. The highest BCUT2D eigenvalue weighted by molar-refractivity contribution is 6.42. The van der Waals surface area contributed by atoms with Gasteiger partial charge >= 0.3 is 0 Å². The van der Waals surface area contributed by atoms with Crippen LogP contribution in [0.3, 0.4) is 0 Å². The Labute approximate surface area is 118 Å². The van der Waals surface area contributed by atoms with Crippen molar-refractivity contribution in [3.63, 3.8) is 0 Å². The number of rotatable bonds is 6. The van der Waals surface area contributed by atoms with Crippen LogP contribution < -0.4 is 5.32 Å². The van der Waals surface area contributed by atoms with E-state index < -0.39 is 0 Å². The lowest BCUT2D eigenvalue weighted by Crippen LogP contribution is -2.31. The fourth-order valence-electron chi connectivity index (χ4n) is 1.71. The minimum Gasteiger partial charge on any atom is -0.309 e. The molecule has 17 heavy (non-hydrogen) atoms. The Bertz CT molecular complexity index is 353. The molecule has 96 valence electrons. The summed E-state index contributed by atoms with van der Waals surface area (Å²) in [6.07, 6.45) is 1.06. The van der Waals surface area contributed by atoms with Gasteiger partial charge in [0.1, 0.15) is 0 Å². The maximum atomic E-state index is 6.12. The van der Waals surface area contributed by atoms with Crippen molar-refractivity contribution in [2.75, 3.05) is 5.88 Å². The Balaban J connectivity index is 2.56. The third-order valence-electron chi connectivity index (χ3n) is 2.55. The molecule has 0 radical (unpaired) electrons. The second kappa shape index (κ2) is 7.48. The van der Waals surface area contributed by atoms with Crippen molar-refractivity contribution in [2.45, 2.75) is 32.9 Å². The van der Waals surface area contributed by atoms with E-state index in [-0.39, 0.29) is 0 Å². The van der Waals surface area contributed by atoms with Gasteiger partial charge in [-0.3, -0.25) is 0 Å². The summed E-state index contributed by atoms with van der Waals surface area (Å²) >= 11 is 18.0. The zero-order chi connectivity index (χ0) is 12.8. The molecule has 1 aromatic carbocycles. The lowest BCUT2D eigenvalue weighted by molar-refractivity contribution is 0.445. The quantitative estimate of drug-likeness (QED) is 0.748. The van der Waals surface area contributed by atoms with Crippen molar-refractivity contribution in [1.29, 1.82) is 0 Å². The molecular weight excluding hydrogens is 277 g/mol. The third-order valence-corrected chi connectivity index (χ3v) is 3.79. The van der Waals surface area contributed by atoms with Crippen LogP contribution in [0.25, 0.3) is 0 Å². The average molecular weight is 295 g/mol. The first-order valence-electron chi connectivity index (χ1n) is 5.76. The van der Waals surface area contributed by atoms with E-state index in [9.17, 15) is 0 Å². The van der Waals surface area contributed by atoms with Crippen LogP contribution in [0.4, 0.5) is 0 Å². The number of alkyl halides is 1. The van der Waals surface area contributed by atoms with Crippen LogP contribution in [0.15, 0.2) is 18.2 Å². The largest absolute Gasteiger partial charge is 0.309 e. The monoisotopic (exact) mass is 293 g/mol. The average Bonchev–Trinajstić information content (AvgIpc) is 2.28. The Morgan fingerprint density at radius 3 is 2.53 bits per heavy atom. The second-order valence-electron chi connectivity index (χ2n) is 4.57. The van der Waals surface area contributed by atoms with Crippen LogP contribution >= 0.6 is 34.8 Å². The molecule has 0 aliphatic heterocycles. The highest BCUT2D eigenvalue weighted by Crippen LogP contribution is 2.25. The molecule has 1 N–H and O–H groups in total. The van der Waals surface area contributed by atoms with Crippen LogP contribution in [0, 0.1) is 5.92 Å². The molecule has 0 aliphatic rings.